The number of ether oxygens (including phenoxy) is 1. The van der Waals surface area contributed by atoms with E-state index in [-0.39, 0.29) is 11.8 Å². The second kappa shape index (κ2) is 8.23. The van der Waals surface area contributed by atoms with Gasteiger partial charge in [-0.1, -0.05) is 17.7 Å². The maximum atomic E-state index is 12.5. The Hall–Kier alpha value is -2.53. The molecule has 0 aliphatic carbocycles. The molecule has 3 rings (SSSR count). The van der Waals surface area contributed by atoms with Crippen molar-refractivity contribution < 1.29 is 14.3 Å². The third kappa shape index (κ3) is 4.35. The Bertz CT molecular complexity index is 792. The lowest BCUT2D eigenvalue weighted by Crippen LogP contribution is -2.31. The standard InChI is InChI=1S/C20H21ClN2O3/c1-22(12-13-26-18-5-2-4-16(21)14-18)20(25)15-7-9-17(10-8-15)23-11-3-6-19(23)24/h2,4-5,7-10,14H,3,6,11-13H2,1H3. The predicted octanol–water partition coefficient (Wildman–Crippen LogP) is 3.62. The van der Waals surface area contributed by atoms with Crippen molar-refractivity contribution in [3.8, 4) is 5.75 Å². The minimum Gasteiger partial charge on any atom is -0.492 e. The van der Waals surface area contributed by atoms with Gasteiger partial charge in [-0.3, -0.25) is 9.59 Å². The van der Waals surface area contributed by atoms with Gasteiger partial charge in [-0.05, 0) is 48.9 Å². The van der Waals surface area contributed by atoms with E-state index in [1.807, 2.05) is 24.3 Å². The fourth-order valence-electron chi connectivity index (χ4n) is 2.88. The molecule has 26 heavy (non-hydrogen) atoms. The largest absolute Gasteiger partial charge is 0.492 e. The molecule has 6 heteroatoms. The maximum Gasteiger partial charge on any atom is 0.253 e. The van der Waals surface area contributed by atoms with E-state index in [9.17, 15) is 9.59 Å². The number of carbonyl (C=O) groups is 2. The monoisotopic (exact) mass is 372 g/mol. The summed E-state index contributed by atoms with van der Waals surface area (Å²) in [4.78, 5) is 27.7. The van der Waals surface area contributed by atoms with Crippen molar-refractivity contribution in [2.45, 2.75) is 12.8 Å². The number of halogens is 1. The molecule has 2 aromatic rings. The SMILES string of the molecule is CN(CCOc1cccc(Cl)c1)C(=O)c1ccc(N2CCCC2=O)cc1. The van der Waals surface area contributed by atoms with Crippen molar-refractivity contribution in [2.75, 3.05) is 31.6 Å². The van der Waals surface area contributed by atoms with E-state index in [0.29, 0.717) is 35.9 Å². The van der Waals surface area contributed by atoms with Crippen molar-refractivity contribution in [3.05, 3.63) is 59.1 Å². The van der Waals surface area contributed by atoms with Gasteiger partial charge in [0.25, 0.3) is 5.91 Å². The summed E-state index contributed by atoms with van der Waals surface area (Å²) in [6.45, 7) is 1.58. The molecule has 1 fully saturated rings. The van der Waals surface area contributed by atoms with Gasteiger partial charge in [0.05, 0.1) is 6.54 Å². The third-order valence-corrected chi connectivity index (χ3v) is 4.57. The summed E-state index contributed by atoms with van der Waals surface area (Å²) in [6, 6.07) is 14.3. The van der Waals surface area contributed by atoms with Crippen LogP contribution in [-0.2, 0) is 4.79 Å². The fourth-order valence-corrected chi connectivity index (χ4v) is 3.06. The lowest BCUT2D eigenvalue weighted by molar-refractivity contribution is -0.117. The molecule has 1 heterocycles. The smallest absolute Gasteiger partial charge is 0.253 e. The summed E-state index contributed by atoms with van der Waals surface area (Å²) in [5.74, 6) is 0.733. The van der Waals surface area contributed by atoms with E-state index in [4.69, 9.17) is 16.3 Å². The fraction of sp³-hybridized carbons (Fsp3) is 0.300. The maximum absolute atomic E-state index is 12.5. The molecule has 0 saturated carbocycles. The van der Waals surface area contributed by atoms with Crippen LogP contribution in [0.2, 0.25) is 5.02 Å². The van der Waals surface area contributed by atoms with E-state index < -0.39 is 0 Å². The topological polar surface area (TPSA) is 49.9 Å². The van der Waals surface area contributed by atoms with Crippen LogP contribution in [0.15, 0.2) is 48.5 Å². The molecule has 1 saturated heterocycles. The van der Waals surface area contributed by atoms with Crippen LogP contribution in [0.4, 0.5) is 5.69 Å². The van der Waals surface area contributed by atoms with Crippen molar-refractivity contribution in [2.24, 2.45) is 0 Å². The molecule has 0 unspecified atom stereocenters. The minimum atomic E-state index is -0.0843. The van der Waals surface area contributed by atoms with Gasteiger partial charge in [-0.2, -0.15) is 0 Å². The second-order valence-corrected chi connectivity index (χ2v) is 6.66. The Morgan fingerprint density at radius 1 is 1.23 bits per heavy atom. The first-order valence-electron chi connectivity index (χ1n) is 8.59. The Labute approximate surface area is 158 Å². The van der Waals surface area contributed by atoms with Gasteiger partial charge in [0.15, 0.2) is 0 Å². The molecule has 0 spiro atoms. The lowest BCUT2D eigenvalue weighted by Gasteiger charge is -2.19. The van der Waals surface area contributed by atoms with Gasteiger partial charge in [0.2, 0.25) is 5.91 Å². The van der Waals surface area contributed by atoms with Crippen LogP contribution in [-0.4, -0.2) is 43.5 Å². The Morgan fingerprint density at radius 2 is 2.00 bits per heavy atom. The number of amides is 2. The molecular weight excluding hydrogens is 352 g/mol. The highest BCUT2D eigenvalue weighted by Crippen LogP contribution is 2.22. The normalized spacial score (nSPS) is 13.8. The van der Waals surface area contributed by atoms with Crippen LogP contribution < -0.4 is 9.64 Å². The molecule has 1 aliphatic heterocycles. The van der Waals surface area contributed by atoms with Crippen LogP contribution in [0.1, 0.15) is 23.2 Å². The molecular formula is C20H21ClN2O3. The first kappa shape index (κ1) is 18.3. The van der Waals surface area contributed by atoms with Gasteiger partial charge < -0.3 is 14.5 Å². The van der Waals surface area contributed by atoms with Gasteiger partial charge in [0.1, 0.15) is 12.4 Å². The average Bonchev–Trinajstić information content (AvgIpc) is 3.07. The zero-order valence-corrected chi connectivity index (χ0v) is 15.4. The summed E-state index contributed by atoms with van der Waals surface area (Å²) in [5, 5.41) is 0.614. The number of hydrogen-bond donors (Lipinski definition) is 0. The quantitative estimate of drug-likeness (QED) is 0.778. The second-order valence-electron chi connectivity index (χ2n) is 6.23. The Kier molecular flexibility index (Phi) is 5.78. The summed E-state index contributed by atoms with van der Waals surface area (Å²) in [7, 11) is 1.74. The third-order valence-electron chi connectivity index (χ3n) is 4.34. The highest BCUT2D eigenvalue weighted by molar-refractivity contribution is 6.30. The summed E-state index contributed by atoms with van der Waals surface area (Å²) in [6.07, 6.45) is 1.48. The molecule has 5 nitrogen and oxygen atoms in total. The van der Waals surface area contributed by atoms with E-state index in [0.717, 1.165) is 18.7 Å². The van der Waals surface area contributed by atoms with Gasteiger partial charge >= 0.3 is 0 Å². The molecule has 0 aromatic heterocycles. The van der Waals surface area contributed by atoms with Crippen molar-refractivity contribution in [3.63, 3.8) is 0 Å². The molecule has 0 N–H and O–H groups in total. The number of rotatable bonds is 6. The lowest BCUT2D eigenvalue weighted by atomic mass is 10.1. The molecule has 1 aliphatic rings. The molecule has 0 atom stereocenters. The van der Waals surface area contributed by atoms with Gasteiger partial charge in [-0.25, -0.2) is 0 Å². The summed E-state index contributed by atoms with van der Waals surface area (Å²) >= 11 is 5.92. The predicted molar refractivity (Wildman–Crippen MR) is 102 cm³/mol. The first-order valence-corrected chi connectivity index (χ1v) is 8.96. The van der Waals surface area contributed by atoms with Gasteiger partial charge in [-0.15, -0.1) is 0 Å². The highest BCUT2D eigenvalue weighted by atomic mass is 35.5. The van der Waals surface area contributed by atoms with E-state index in [1.54, 1.807) is 41.1 Å². The zero-order valence-electron chi connectivity index (χ0n) is 14.7. The number of anilines is 1. The zero-order chi connectivity index (χ0) is 18.5. The van der Waals surface area contributed by atoms with Crippen molar-refractivity contribution >= 4 is 29.1 Å². The minimum absolute atomic E-state index is 0.0843. The Balaban J connectivity index is 1.53. The van der Waals surface area contributed by atoms with Crippen molar-refractivity contribution in [1.29, 1.82) is 0 Å². The van der Waals surface area contributed by atoms with Crippen LogP contribution in [0.25, 0.3) is 0 Å². The summed E-state index contributed by atoms with van der Waals surface area (Å²) in [5.41, 5.74) is 1.43. The van der Waals surface area contributed by atoms with E-state index >= 15 is 0 Å². The van der Waals surface area contributed by atoms with E-state index in [2.05, 4.69) is 0 Å². The molecule has 0 bridgehead atoms. The Morgan fingerprint density at radius 3 is 2.65 bits per heavy atom. The van der Waals surface area contributed by atoms with Crippen molar-refractivity contribution in [1.82, 2.24) is 4.90 Å². The van der Waals surface area contributed by atoms with Crippen LogP contribution in [0.5, 0.6) is 5.75 Å². The average molecular weight is 373 g/mol. The number of likely N-dealkylation sites (N-methyl/N-ethyl adjacent to an activating group) is 1. The molecule has 2 aromatic carbocycles. The number of hydrogen-bond acceptors (Lipinski definition) is 3. The first-order chi connectivity index (χ1) is 12.5. The number of benzene rings is 2. The highest BCUT2D eigenvalue weighted by Gasteiger charge is 2.22. The van der Waals surface area contributed by atoms with Crippen LogP contribution in [0.3, 0.4) is 0 Å². The van der Waals surface area contributed by atoms with Crippen LogP contribution >= 0.6 is 11.6 Å². The van der Waals surface area contributed by atoms with Crippen LogP contribution in [0, 0.1) is 0 Å². The van der Waals surface area contributed by atoms with Gasteiger partial charge in [0, 0.05) is 36.3 Å². The number of carbonyl (C=O) groups excluding carboxylic acids is 2. The number of nitrogens with zero attached hydrogens (tertiary/aromatic N) is 2. The summed E-state index contributed by atoms with van der Waals surface area (Å²) < 4.78 is 5.62. The molecule has 136 valence electrons. The molecule has 2 amide bonds. The molecule has 0 radical (unpaired) electrons. The van der Waals surface area contributed by atoms with E-state index in [1.165, 1.54) is 0 Å².